The fraction of sp³-hybridized carbons (Fsp3) is 0.320. The first-order valence-electron chi connectivity index (χ1n) is 11.0. The molecule has 32 heavy (non-hydrogen) atoms. The van der Waals surface area contributed by atoms with Crippen molar-refractivity contribution in [2.24, 2.45) is 0 Å². The number of nitrogens with zero attached hydrogens (tertiary/aromatic N) is 2. The zero-order valence-corrected chi connectivity index (χ0v) is 18.4. The van der Waals surface area contributed by atoms with Gasteiger partial charge in [0.1, 0.15) is 5.75 Å². The van der Waals surface area contributed by atoms with E-state index in [1.165, 1.54) is 16.3 Å². The van der Waals surface area contributed by atoms with Crippen LogP contribution in [-0.2, 0) is 11.3 Å². The molecule has 166 valence electrons. The molecule has 7 heteroatoms. The van der Waals surface area contributed by atoms with E-state index in [0.29, 0.717) is 29.9 Å². The number of anilines is 1. The molecule has 0 saturated heterocycles. The minimum Gasteiger partial charge on any atom is -0.507 e. The van der Waals surface area contributed by atoms with Crippen LogP contribution >= 0.6 is 0 Å². The van der Waals surface area contributed by atoms with Gasteiger partial charge in [-0.1, -0.05) is 43.2 Å². The standard InChI is InChI=1S/C25H28N4O3/c1-3-24(31)27-19-11-12-23(30)20(13-19)21-14-22(18-5-4-6-18)29(28-21)25(32)26-15-17-9-7-16(2)8-10-17/h7-14,18,30H,3-6,15H2,1-2H3,(H,26,32)(H,27,31). The Morgan fingerprint density at radius 2 is 1.88 bits per heavy atom. The zero-order valence-electron chi connectivity index (χ0n) is 18.4. The van der Waals surface area contributed by atoms with Gasteiger partial charge in [0.15, 0.2) is 0 Å². The maximum atomic E-state index is 13.0. The van der Waals surface area contributed by atoms with Crippen LogP contribution in [0.5, 0.6) is 5.75 Å². The van der Waals surface area contributed by atoms with Crippen LogP contribution in [-0.4, -0.2) is 26.8 Å². The fourth-order valence-electron chi connectivity index (χ4n) is 3.71. The topological polar surface area (TPSA) is 96.2 Å². The lowest BCUT2D eigenvalue weighted by Gasteiger charge is -2.25. The number of aromatic nitrogens is 2. The smallest absolute Gasteiger partial charge is 0.342 e. The Morgan fingerprint density at radius 1 is 1.12 bits per heavy atom. The molecule has 4 rings (SSSR count). The Bertz CT molecular complexity index is 1130. The molecular weight excluding hydrogens is 404 g/mol. The van der Waals surface area contributed by atoms with Gasteiger partial charge in [-0.15, -0.1) is 0 Å². The molecule has 0 radical (unpaired) electrons. The van der Waals surface area contributed by atoms with Gasteiger partial charge >= 0.3 is 6.03 Å². The van der Waals surface area contributed by atoms with Crippen molar-refractivity contribution in [3.63, 3.8) is 0 Å². The lowest BCUT2D eigenvalue weighted by atomic mass is 9.82. The number of hydrogen-bond donors (Lipinski definition) is 3. The molecule has 1 heterocycles. The Labute approximate surface area is 187 Å². The number of amides is 2. The molecule has 3 aromatic rings. The van der Waals surface area contributed by atoms with Crippen molar-refractivity contribution >= 4 is 17.6 Å². The summed E-state index contributed by atoms with van der Waals surface area (Å²) in [6.07, 6.45) is 3.50. The molecular formula is C25H28N4O3. The van der Waals surface area contributed by atoms with Crippen molar-refractivity contribution in [3.05, 3.63) is 65.4 Å². The van der Waals surface area contributed by atoms with E-state index in [2.05, 4.69) is 15.7 Å². The first-order valence-corrected chi connectivity index (χ1v) is 11.0. The molecule has 7 nitrogen and oxygen atoms in total. The number of aryl methyl sites for hydroxylation is 1. The molecule has 3 N–H and O–H groups in total. The summed E-state index contributed by atoms with van der Waals surface area (Å²) in [6, 6.07) is 14.4. The fourth-order valence-corrected chi connectivity index (χ4v) is 3.71. The third-order valence-corrected chi connectivity index (χ3v) is 5.89. The third kappa shape index (κ3) is 4.66. The van der Waals surface area contributed by atoms with Crippen LogP contribution in [0.4, 0.5) is 10.5 Å². The number of phenolic OH excluding ortho intramolecular Hbond substituents is 1. The normalized spacial score (nSPS) is 13.4. The minimum atomic E-state index is -0.298. The lowest BCUT2D eigenvalue weighted by molar-refractivity contribution is -0.115. The lowest BCUT2D eigenvalue weighted by Crippen LogP contribution is -2.31. The van der Waals surface area contributed by atoms with E-state index < -0.39 is 0 Å². The number of nitrogens with one attached hydrogen (secondary N) is 2. The van der Waals surface area contributed by atoms with Gasteiger partial charge in [0, 0.05) is 30.1 Å². The van der Waals surface area contributed by atoms with Crippen LogP contribution in [0, 0.1) is 6.92 Å². The number of rotatable bonds is 6. The van der Waals surface area contributed by atoms with E-state index in [0.717, 1.165) is 30.5 Å². The van der Waals surface area contributed by atoms with Crippen LogP contribution in [0.2, 0.25) is 0 Å². The Kier molecular flexibility index (Phi) is 6.25. The van der Waals surface area contributed by atoms with Crippen LogP contribution in [0.1, 0.15) is 55.3 Å². The maximum absolute atomic E-state index is 13.0. The second kappa shape index (κ2) is 9.26. The third-order valence-electron chi connectivity index (χ3n) is 5.89. The highest BCUT2D eigenvalue weighted by Crippen LogP contribution is 2.39. The van der Waals surface area contributed by atoms with Gasteiger partial charge in [-0.25, -0.2) is 4.79 Å². The molecule has 2 amide bonds. The molecule has 0 aliphatic heterocycles. The van der Waals surface area contributed by atoms with Crippen molar-refractivity contribution in [2.45, 2.75) is 52.0 Å². The molecule has 0 atom stereocenters. The average Bonchev–Trinajstić information content (AvgIpc) is 3.17. The summed E-state index contributed by atoms with van der Waals surface area (Å²) in [6.45, 7) is 4.21. The summed E-state index contributed by atoms with van der Waals surface area (Å²) in [5.74, 6) is 0.202. The average molecular weight is 433 g/mol. The second-order valence-corrected chi connectivity index (χ2v) is 8.27. The molecule has 0 bridgehead atoms. The van der Waals surface area contributed by atoms with Gasteiger partial charge in [-0.05, 0) is 49.6 Å². The Balaban J connectivity index is 1.61. The molecule has 1 saturated carbocycles. The summed E-state index contributed by atoms with van der Waals surface area (Å²) < 4.78 is 1.42. The highest BCUT2D eigenvalue weighted by molar-refractivity contribution is 5.91. The molecule has 1 aliphatic rings. The molecule has 1 aliphatic carbocycles. The summed E-state index contributed by atoms with van der Waals surface area (Å²) in [5, 5.41) is 20.7. The molecule has 0 spiro atoms. The molecule has 1 fully saturated rings. The van der Waals surface area contributed by atoms with Crippen molar-refractivity contribution < 1.29 is 14.7 Å². The van der Waals surface area contributed by atoms with Crippen molar-refractivity contribution in [1.29, 1.82) is 0 Å². The van der Waals surface area contributed by atoms with E-state index in [1.807, 2.05) is 37.3 Å². The van der Waals surface area contributed by atoms with Gasteiger partial charge in [-0.2, -0.15) is 9.78 Å². The quantitative estimate of drug-likeness (QED) is 0.481. The summed E-state index contributed by atoms with van der Waals surface area (Å²) in [4.78, 5) is 24.8. The highest BCUT2D eigenvalue weighted by atomic mass is 16.3. The van der Waals surface area contributed by atoms with Crippen molar-refractivity contribution in [1.82, 2.24) is 15.1 Å². The zero-order chi connectivity index (χ0) is 22.7. The van der Waals surface area contributed by atoms with Gasteiger partial charge in [-0.3, -0.25) is 4.79 Å². The number of carbonyl (C=O) groups excluding carboxylic acids is 2. The molecule has 1 aromatic heterocycles. The first-order chi connectivity index (χ1) is 15.4. The number of aromatic hydroxyl groups is 1. The summed E-state index contributed by atoms with van der Waals surface area (Å²) in [7, 11) is 0. The largest absolute Gasteiger partial charge is 0.507 e. The molecule has 2 aromatic carbocycles. The van der Waals surface area contributed by atoms with Gasteiger partial charge in [0.25, 0.3) is 0 Å². The monoisotopic (exact) mass is 432 g/mol. The Hall–Kier alpha value is -3.61. The van der Waals surface area contributed by atoms with Crippen molar-refractivity contribution in [3.8, 4) is 17.0 Å². The maximum Gasteiger partial charge on any atom is 0.342 e. The van der Waals surface area contributed by atoms with E-state index in [-0.39, 0.29) is 23.6 Å². The van der Waals surface area contributed by atoms with Crippen LogP contribution in [0.25, 0.3) is 11.3 Å². The van der Waals surface area contributed by atoms with Crippen LogP contribution in [0.3, 0.4) is 0 Å². The first kappa shape index (κ1) is 21.6. The number of benzene rings is 2. The van der Waals surface area contributed by atoms with Gasteiger partial charge in [0.2, 0.25) is 5.91 Å². The van der Waals surface area contributed by atoms with Gasteiger partial charge < -0.3 is 15.7 Å². The van der Waals surface area contributed by atoms with E-state index >= 15 is 0 Å². The minimum absolute atomic E-state index is 0.0457. The van der Waals surface area contributed by atoms with Crippen LogP contribution < -0.4 is 10.6 Å². The van der Waals surface area contributed by atoms with Crippen LogP contribution in [0.15, 0.2) is 48.5 Å². The van der Waals surface area contributed by atoms with E-state index in [1.54, 1.807) is 19.1 Å². The summed E-state index contributed by atoms with van der Waals surface area (Å²) in [5.41, 5.74) is 4.58. The molecule has 0 unspecified atom stereocenters. The second-order valence-electron chi connectivity index (χ2n) is 8.27. The number of phenols is 1. The predicted octanol–water partition coefficient (Wildman–Crippen LogP) is 4.94. The highest BCUT2D eigenvalue weighted by Gasteiger charge is 2.27. The predicted molar refractivity (Wildman–Crippen MR) is 124 cm³/mol. The number of carbonyl (C=O) groups is 2. The van der Waals surface area contributed by atoms with E-state index in [4.69, 9.17) is 0 Å². The SMILES string of the molecule is CCC(=O)Nc1ccc(O)c(-c2cc(C3CCC3)n(C(=O)NCc3ccc(C)cc3)n2)c1. The Morgan fingerprint density at radius 3 is 2.53 bits per heavy atom. The van der Waals surface area contributed by atoms with Gasteiger partial charge in [0.05, 0.1) is 11.4 Å². The van der Waals surface area contributed by atoms with Crippen molar-refractivity contribution in [2.75, 3.05) is 5.32 Å². The summed E-state index contributed by atoms with van der Waals surface area (Å²) >= 11 is 0. The number of hydrogen-bond acceptors (Lipinski definition) is 4. The van der Waals surface area contributed by atoms with E-state index in [9.17, 15) is 14.7 Å².